The van der Waals surface area contributed by atoms with Crippen LogP contribution in [-0.2, 0) is 0 Å². The average molecular weight is 298 g/mol. The summed E-state index contributed by atoms with van der Waals surface area (Å²) in [6.07, 6.45) is 0. The maximum atomic E-state index is 6.24. The van der Waals surface area contributed by atoms with E-state index in [9.17, 15) is 0 Å². The van der Waals surface area contributed by atoms with Gasteiger partial charge >= 0.3 is 0 Å². The van der Waals surface area contributed by atoms with Gasteiger partial charge < -0.3 is 10.6 Å². The first kappa shape index (κ1) is 13.0. The Morgan fingerprint density at radius 1 is 1.18 bits per heavy atom. The second-order valence-electron chi connectivity index (χ2n) is 4.76. The molecule has 1 saturated heterocycles. The molecule has 1 aliphatic heterocycles. The summed E-state index contributed by atoms with van der Waals surface area (Å²) in [6.45, 7) is 5.50. The van der Waals surface area contributed by atoms with E-state index in [-0.39, 0.29) is 6.04 Å². The number of likely N-dealkylation sites (N-methyl/N-ethyl adjacent to an activating group) is 1. The third-order valence-electron chi connectivity index (χ3n) is 3.35. The van der Waals surface area contributed by atoms with Gasteiger partial charge in [0.2, 0.25) is 0 Å². The van der Waals surface area contributed by atoms with E-state index in [2.05, 4.69) is 57.0 Å². The molecule has 94 valence electrons. The molecule has 3 nitrogen and oxygen atoms in total. The van der Waals surface area contributed by atoms with Crippen molar-refractivity contribution in [3.63, 3.8) is 0 Å². The smallest absolute Gasteiger partial charge is 0.0424 e. The molecule has 1 aromatic rings. The molecule has 1 atom stereocenters. The lowest BCUT2D eigenvalue weighted by atomic mass is 10.1. The largest absolute Gasteiger partial charge is 0.323 e. The lowest BCUT2D eigenvalue weighted by Crippen LogP contribution is -2.46. The molecule has 0 amide bonds. The second kappa shape index (κ2) is 5.96. The maximum absolute atomic E-state index is 6.24. The molecule has 2 N–H and O–H groups in total. The van der Waals surface area contributed by atoms with Crippen molar-refractivity contribution in [3.8, 4) is 0 Å². The molecule has 0 saturated carbocycles. The lowest BCUT2D eigenvalue weighted by Gasteiger charge is -2.33. The van der Waals surface area contributed by atoms with Crippen LogP contribution in [-0.4, -0.2) is 49.6 Å². The van der Waals surface area contributed by atoms with E-state index in [0.717, 1.165) is 37.2 Å². The molecule has 0 aliphatic carbocycles. The molecule has 1 fully saturated rings. The maximum Gasteiger partial charge on any atom is 0.0424 e. The summed E-state index contributed by atoms with van der Waals surface area (Å²) >= 11 is 3.44. The van der Waals surface area contributed by atoms with Gasteiger partial charge in [-0.3, -0.25) is 4.90 Å². The molecule has 2 rings (SSSR count). The standard InChI is InChI=1S/C13H20BrN3/c1-16-6-8-17(9-7-16)10-13(15)11-2-4-12(14)5-3-11/h2-5,13H,6-10,15H2,1H3. The monoisotopic (exact) mass is 297 g/mol. The van der Waals surface area contributed by atoms with Crippen LogP contribution in [0.1, 0.15) is 11.6 Å². The highest BCUT2D eigenvalue weighted by molar-refractivity contribution is 9.10. The van der Waals surface area contributed by atoms with Gasteiger partial charge in [-0.25, -0.2) is 0 Å². The molecule has 0 radical (unpaired) electrons. The van der Waals surface area contributed by atoms with E-state index in [1.54, 1.807) is 0 Å². The molecule has 1 unspecified atom stereocenters. The van der Waals surface area contributed by atoms with Gasteiger partial charge in [0, 0.05) is 43.2 Å². The van der Waals surface area contributed by atoms with E-state index >= 15 is 0 Å². The second-order valence-corrected chi connectivity index (χ2v) is 5.68. The summed E-state index contributed by atoms with van der Waals surface area (Å²) in [5.41, 5.74) is 7.45. The summed E-state index contributed by atoms with van der Waals surface area (Å²) in [5.74, 6) is 0. The third kappa shape index (κ3) is 3.78. The van der Waals surface area contributed by atoms with E-state index in [1.165, 1.54) is 5.56 Å². The Morgan fingerprint density at radius 3 is 2.35 bits per heavy atom. The fourth-order valence-electron chi connectivity index (χ4n) is 2.12. The zero-order valence-corrected chi connectivity index (χ0v) is 11.9. The number of benzene rings is 1. The topological polar surface area (TPSA) is 32.5 Å². The lowest BCUT2D eigenvalue weighted by molar-refractivity contribution is 0.147. The Balaban J connectivity index is 1.88. The summed E-state index contributed by atoms with van der Waals surface area (Å²) < 4.78 is 1.10. The van der Waals surface area contributed by atoms with Crippen molar-refractivity contribution in [2.24, 2.45) is 5.73 Å². The summed E-state index contributed by atoms with van der Waals surface area (Å²) in [4.78, 5) is 4.81. The quantitative estimate of drug-likeness (QED) is 0.922. The van der Waals surface area contributed by atoms with Gasteiger partial charge in [0.25, 0.3) is 0 Å². The summed E-state index contributed by atoms with van der Waals surface area (Å²) in [6, 6.07) is 8.43. The molecule has 1 aliphatic rings. The van der Waals surface area contributed by atoms with Gasteiger partial charge in [-0.1, -0.05) is 28.1 Å². The van der Waals surface area contributed by atoms with Crippen LogP contribution in [0.2, 0.25) is 0 Å². The Morgan fingerprint density at radius 2 is 1.76 bits per heavy atom. The highest BCUT2D eigenvalue weighted by Gasteiger charge is 2.16. The number of hydrogen-bond acceptors (Lipinski definition) is 3. The van der Waals surface area contributed by atoms with Crippen LogP contribution < -0.4 is 5.73 Å². The van der Waals surface area contributed by atoms with Gasteiger partial charge in [-0.15, -0.1) is 0 Å². The van der Waals surface area contributed by atoms with Crippen molar-refractivity contribution in [2.45, 2.75) is 6.04 Å². The number of piperazine rings is 1. The van der Waals surface area contributed by atoms with Gasteiger partial charge in [0.1, 0.15) is 0 Å². The predicted molar refractivity (Wildman–Crippen MR) is 75.0 cm³/mol. The number of halogens is 1. The van der Waals surface area contributed by atoms with Gasteiger partial charge in [0.15, 0.2) is 0 Å². The molecule has 4 heteroatoms. The first-order valence-corrected chi connectivity index (χ1v) is 6.86. The first-order chi connectivity index (χ1) is 8.15. The molecule has 0 spiro atoms. The van der Waals surface area contributed by atoms with E-state index in [0.29, 0.717) is 0 Å². The zero-order valence-electron chi connectivity index (χ0n) is 10.3. The molecule has 17 heavy (non-hydrogen) atoms. The molecule has 0 bridgehead atoms. The van der Waals surface area contributed by atoms with Crippen LogP contribution in [0.25, 0.3) is 0 Å². The summed E-state index contributed by atoms with van der Waals surface area (Å²) in [7, 11) is 2.17. The Kier molecular flexibility index (Phi) is 4.56. The summed E-state index contributed by atoms with van der Waals surface area (Å²) in [5, 5.41) is 0. The van der Waals surface area contributed by atoms with Gasteiger partial charge in [0.05, 0.1) is 0 Å². The number of rotatable bonds is 3. The number of nitrogens with zero attached hydrogens (tertiary/aromatic N) is 2. The highest BCUT2D eigenvalue weighted by atomic mass is 79.9. The van der Waals surface area contributed by atoms with Crippen molar-refractivity contribution in [2.75, 3.05) is 39.8 Å². The van der Waals surface area contributed by atoms with Crippen LogP contribution in [0.15, 0.2) is 28.7 Å². The number of nitrogens with two attached hydrogens (primary N) is 1. The van der Waals surface area contributed by atoms with Crippen LogP contribution in [0, 0.1) is 0 Å². The molecular formula is C13H20BrN3. The van der Waals surface area contributed by atoms with E-state index in [4.69, 9.17) is 5.73 Å². The molecule has 1 aromatic carbocycles. The zero-order chi connectivity index (χ0) is 12.3. The minimum atomic E-state index is 0.117. The fourth-order valence-corrected chi connectivity index (χ4v) is 2.39. The Hall–Kier alpha value is -0.420. The molecule has 1 heterocycles. The van der Waals surface area contributed by atoms with E-state index in [1.807, 2.05) is 0 Å². The SMILES string of the molecule is CN1CCN(CC(N)c2ccc(Br)cc2)CC1. The van der Waals surface area contributed by atoms with Crippen molar-refractivity contribution in [3.05, 3.63) is 34.3 Å². The van der Waals surface area contributed by atoms with Crippen molar-refractivity contribution >= 4 is 15.9 Å². The Bertz CT molecular complexity index is 344. The van der Waals surface area contributed by atoms with Crippen LogP contribution >= 0.6 is 15.9 Å². The van der Waals surface area contributed by atoms with Crippen LogP contribution in [0.3, 0.4) is 0 Å². The number of hydrogen-bond donors (Lipinski definition) is 1. The third-order valence-corrected chi connectivity index (χ3v) is 3.88. The fraction of sp³-hybridized carbons (Fsp3) is 0.538. The normalized spacial score (nSPS) is 20.4. The van der Waals surface area contributed by atoms with Crippen LogP contribution in [0.5, 0.6) is 0 Å². The van der Waals surface area contributed by atoms with Gasteiger partial charge in [-0.05, 0) is 24.7 Å². The van der Waals surface area contributed by atoms with Crippen molar-refractivity contribution in [1.82, 2.24) is 9.80 Å². The Labute approximate surface area is 112 Å². The van der Waals surface area contributed by atoms with Crippen LogP contribution in [0.4, 0.5) is 0 Å². The minimum absolute atomic E-state index is 0.117. The van der Waals surface area contributed by atoms with Crippen molar-refractivity contribution < 1.29 is 0 Å². The van der Waals surface area contributed by atoms with Crippen molar-refractivity contribution in [1.29, 1.82) is 0 Å². The van der Waals surface area contributed by atoms with Gasteiger partial charge in [-0.2, -0.15) is 0 Å². The molecule has 0 aromatic heterocycles. The molecular weight excluding hydrogens is 278 g/mol. The highest BCUT2D eigenvalue weighted by Crippen LogP contribution is 2.16. The first-order valence-electron chi connectivity index (χ1n) is 6.07. The average Bonchev–Trinajstić information content (AvgIpc) is 2.33. The predicted octanol–water partition coefficient (Wildman–Crippen LogP) is 1.70. The van der Waals surface area contributed by atoms with E-state index < -0.39 is 0 Å². The minimum Gasteiger partial charge on any atom is -0.323 e.